The predicted octanol–water partition coefficient (Wildman–Crippen LogP) is -0.218. The van der Waals surface area contributed by atoms with Crippen molar-refractivity contribution in [2.75, 3.05) is 0 Å². The van der Waals surface area contributed by atoms with Gasteiger partial charge in [-0.2, -0.15) is 0 Å². The first-order chi connectivity index (χ1) is 3.42. The van der Waals surface area contributed by atoms with Crippen LogP contribution in [0.3, 0.4) is 0 Å². The van der Waals surface area contributed by atoms with Crippen LogP contribution in [0.2, 0.25) is 0 Å². The molecule has 0 heterocycles. The average molecular weight is 133 g/mol. The van der Waals surface area contributed by atoms with Crippen LogP contribution in [0.25, 0.3) is 0 Å². The standard InChI is InChI=1S/C4H11NO2Si/c1-4(2,3)5-8(6)7/h5-6H,1-3H3. The summed E-state index contributed by atoms with van der Waals surface area (Å²) in [4.78, 5) is 10.8. The second-order valence-electron chi connectivity index (χ2n) is 2.68. The average Bonchev–Trinajstić information content (AvgIpc) is 1.21. The molecule has 0 spiro atoms. The lowest BCUT2D eigenvalue weighted by Gasteiger charge is -2.16. The van der Waals surface area contributed by atoms with Gasteiger partial charge in [-0.3, -0.25) is 0 Å². The van der Waals surface area contributed by atoms with Crippen LogP contribution in [-0.4, -0.2) is 19.4 Å². The van der Waals surface area contributed by atoms with E-state index in [1.54, 1.807) is 0 Å². The van der Waals surface area contributed by atoms with Gasteiger partial charge in [0.15, 0.2) is 0 Å². The Labute approximate surface area is 50.6 Å². The van der Waals surface area contributed by atoms with E-state index in [-0.39, 0.29) is 5.54 Å². The van der Waals surface area contributed by atoms with Crippen molar-refractivity contribution in [3.63, 3.8) is 0 Å². The highest BCUT2D eigenvalue weighted by Gasteiger charge is 2.13. The molecule has 0 amide bonds. The van der Waals surface area contributed by atoms with Crippen LogP contribution in [0.1, 0.15) is 20.8 Å². The molecule has 0 rings (SSSR count). The van der Waals surface area contributed by atoms with Crippen LogP contribution in [0, 0.1) is 0 Å². The molecule has 0 radical (unpaired) electrons. The van der Waals surface area contributed by atoms with Crippen molar-refractivity contribution in [1.29, 1.82) is 0 Å². The third kappa shape index (κ3) is 5.62. The van der Waals surface area contributed by atoms with Crippen molar-refractivity contribution >= 4 is 9.09 Å². The summed E-state index contributed by atoms with van der Waals surface area (Å²) in [5, 5.41) is 0. The fourth-order valence-electron chi connectivity index (χ4n) is 0.321. The molecule has 0 saturated carbocycles. The lowest BCUT2D eigenvalue weighted by atomic mass is 10.1. The largest absolute Gasteiger partial charge is 0.633 e. The Balaban J connectivity index is 3.55. The topological polar surface area (TPSA) is 49.3 Å². The lowest BCUT2D eigenvalue weighted by molar-refractivity contribution is 0.389. The van der Waals surface area contributed by atoms with Crippen molar-refractivity contribution in [3.8, 4) is 0 Å². The first-order valence-electron chi connectivity index (χ1n) is 2.43. The second-order valence-corrected chi connectivity index (χ2v) is 3.54. The molecule has 48 valence electrons. The molecule has 0 aliphatic carbocycles. The van der Waals surface area contributed by atoms with Crippen molar-refractivity contribution in [2.45, 2.75) is 26.3 Å². The van der Waals surface area contributed by atoms with Gasteiger partial charge in [-0.25, -0.2) is 0 Å². The van der Waals surface area contributed by atoms with Gasteiger partial charge in [0, 0.05) is 5.54 Å². The van der Waals surface area contributed by atoms with Gasteiger partial charge >= 0.3 is 9.09 Å². The van der Waals surface area contributed by atoms with Crippen molar-refractivity contribution in [2.24, 2.45) is 0 Å². The lowest BCUT2D eigenvalue weighted by Crippen LogP contribution is -2.41. The minimum absolute atomic E-state index is 0.245. The maximum Gasteiger partial charge on any atom is 0.633 e. The van der Waals surface area contributed by atoms with Crippen molar-refractivity contribution in [1.82, 2.24) is 4.98 Å². The predicted molar refractivity (Wildman–Crippen MR) is 31.5 cm³/mol. The summed E-state index contributed by atoms with van der Waals surface area (Å²) in [6, 6.07) is 0. The molecule has 0 fully saturated rings. The zero-order valence-electron chi connectivity index (χ0n) is 5.36. The Morgan fingerprint density at radius 2 is 1.88 bits per heavy atom. The third-order valence-corrected chi connectivity index (χ3v) is 1.45. The monoisotopic (exact) mass is 133 g/mol. The summed E-state index contributed by atoms with van der Waals surface area (Å²) >= 11 is 0. The van der Waals surface area contributed by atoms with Gasteiger partial charge in [0.2, 0.25) is 0 Å². The van der Waals surface area contributed by atoms with E-state index >= 15 is 0 Å². The van der Waals surface area contributed by atoms with Gasteiger partial charge in [-0.05, 0) is 20.8 Å². The van der Waals surface area contributed by atoms with Crippen LogP contribution in [0.5, 0.6) is 0 Å². The molecule has 3 nitrogen and oxygen atoms in total. The molecule has 0 aliphatic heterocycles. The summed E-state index contributed by atoms with van der Waals surface area (Å²) in [5.74, 6) is 0. The molecule has 4 heteroatoms. The molecule has 0 bridgehead atoms. The van der Waals surface area contributed by atoms with Crippen LogP contribution in [-0.2, 0) is 4.46 Å². The van der Waals surface area contributed by atoms with Gasteiger partial charge in [0.25, 0.3) is 0 Å². The summed E-state index contributed by atoms with van der Waals surface area (Å²) in [5.41, 5.74) is -0.245. The van der Waals surface area contributed by atoms with Crippen molar-refractivity contribution < 1.29 is 9.26 Å². The Hall–Kier alpha value is -0.383. The van der Waals surface area contributed by atoms with E-state index in [0.717, 1.165) is 0 Å². The Kier molecular flexibility index (Phi) is 2.15. The molecule has 0 saturated heterocycles. The zero-order chi connectivity index (χ0) is 6.78. The molecule has 2 N–H and O–H groups in total. The smallest absolute Gasteiger partial charge is 0.525 e. The minimum Gasteiger partial charge on any atom is -0.525 e. The SMILES string of the molecule is CC(C)(C)N[Si](=O)O. The molecular formula is C4H11NO2Si. The van der Waals surface area contributed by atoms with E-state index in [2.05, 4.69) is 4.98 Å². The van der Waals surface area contributed by atoms with Crippen LogP contribution >= 0.6 is 0 Å². The first kappa shape index (κ1) is 7.62. The van der Waals surface area contributed by atoms with Gasteiger partial charge in [-0.1, -0.05) is 0 Å². The van der Waals surface area contributed by atoms with Gasteiger partial charge in [0.1, 0.15) is 0 Å². The number of hydrogen-bond donors (Lipinski definition) is 2. The molecule has 0 aromatic heterocycles. The fraction of sp³-hybridized carbons (Fsp3) is 1.00. The van der Waals surface area contributed by atoms with Crippen LogP contribution < -0.4 is 4.98 Å². The highest BCUT2D eigenvalue weighted by molar-refractivity contribution is 6.29. The maximum atomic E-state index is 10.1. The number of rotatable bonds is 1. The van der Waals surface area contributed by atoms with Crippen LogP contribution in [0.4, 0.5) is 0 Å². The molecule has 0 aromatic rings. The molecule has 8 heavy (non-hydrogen) atoms. The summed E-state index contributed by atoms with van der Waals surface area (Å²) in [6.07, 6.45) is 0. The summed E-state index contributed by atoms with van der Waals surface area (Å²) in [6.45, 7) is 5.52. The highest BCUT2D eigenvalue weighted by Crippen LogP contribution is 1.95. The minimum atomic E-state index is -2.49. The van der Waals surface area contributed by atoms with Gasteiger partial charge in [0.05, 0.1) is 0 Å². The van der Waals surface area contributed by atoms with E-state index < -0.39 is 9.09 Å². The normalized spacial score (nSPS) is 10.9. The third-order valence-electron chi connectivity index (χ3n) is 0.482. The van der Waals surface area contributed by atoms with E-state index in [1.165, 1.54) is 0 Å². The molecular weight excluding hydrogens is 122 g/mol. The van der Waals surface area contributed by atoms with Gasteiger partial charge < -0.3 is 14.2 Å². The molecule has 0 atom stereocenters. The van der Waals surface area contributed by atoms with E-state index in [4.69, 9.17) is 4.80 Å². The molecule has 0 aliphatic rings. The van der Waals surface area contributed by atoms with E-state index in [9.17, 15) is 4.46 Å². The molecule has 0 aromatic carbocycles. The summed E-state index contributed by atoms with van der Waals surface area (Å²) < 4.78 is 10.1. The van der Waals surface area contributed by atoms with E-state index in [1.807, 2.05) is 20.8 Å². The maximum absolute atomic E-state index is 10.1. The fourth-order valence-corrected chi connectivity index (χ4v) is 0.962. The Morgan fingerprint density at radius 1 is 1.50 bits per heavy atom. The Bertz CT molecular complexity index is 96.7. The second kappa shape index (κ2) is 2.26. The first-order valence-corrected chi connectivity index (χ1v) is 3.78. The Morgan fingerprint density at radius 3 is 1.88 bits per heavy atom. The van der Waals surface area contributed by atoms with Crippen molar-refractivity contribution in [3.05, 3.63) is 0 Å². The zero-order valence-corrected chi connectivity index (χ0v) is 6.36. The number of hydrogen-bond acceptors (Lipinski definition) is 1. The highest BCUT2D eigenvalue weighted by atomic mass is 28.3. The quantitative estimate of drug-likeness (QED) is 0.486. The number of nitrogens with one attached hydrogen (secondary N) is 1. The molecule has 0 unspecified atom stereocenters. The van der Waals surface area contributed by atoms with Gasteiger partial charge in [-0.15, -0.1) is 0 Å². The van der Waals surface area contributed by atoms with Crippen LogP contribution in [0.15, 0.2) is 0 Å². The summed E-state index contributed by atoms with van der Waals surface area (Å²) in [7, 11) is -2.49. The van der Waals surface area contributed by atoms with E-state index in [0.29, 0.717) is 0 Å².